The van der Waals surface area contributed by atoms with E-state index in [1.807, 2.05) is 5.38 Å². The Morgan fingerprint density at radius 3 is 3.00 bits per heavy atom. The van der Waals surface area contributed by atoms with Gasteiger partial charge in [0.25, 0.3) is 0 Å². The molecule has 6 heteroatoms. The van der Waals surface area contributed by atoms with E-state index in [0.717, 1.165) is 30.0 Å². The molecule has 1 aromatic heterocycles. The van der Waals surface area contributed by atoms with E-state index in [0.29, 0.717) is 0 Å². The zero-order valence-electron chi connectivity index (χ0n) is 12.2. The molecule has 1 aromatic rings. The van der Waals surface area contributed by atoms with Gasteiger partial charge in [0, 0.05) is 24.5 Å². The second-order valence-corrected chi connectivity index (χ2v) is 6.10. The van der Waals surface area contributed by atoms with Crippen molar-refractivity contribution in [3.63, 3.8) is 0 Å². The van der Waals surface area contributed by atoms with Crippen molar-refractivity contribution < 1.29 is 9.53 Å². The van der Waals surface area contributed by atoms with Crippen LogP contribution in [0.15, 0.2) is 5.38 Å². The van der Waals surface area contributed by atoms with E-state index in [2.05, 4.69) is 27.0 Å². The van der Waals surface area contributed by atoms with E-state index in [4.69, 9.17) is 0 Å². The van der Waals surface area contributed by atoms with Gasteiger partial charge in [0.15, 0.2) is 5.13 Å². The largest absolute Gasteiger partial charge is 0.469 e. The Labute approximate surface area is 124 Å². The molecule has 1 aliphatic rings. The fraction of sp³-hybridized carbons (Fsp3) is 0.714. The molecule has 112 valence electrons. The number of anilines is 1. The summed E-state index contributed by atoms with van der Waals surface area (Å²) in [6.45, 7) is 1.91. The Morgan fingerprint density at radius 1 is 1.55 bits per heavy atom. The van der Waals surface area contributed by atoms with Crippen molar-refractivity contribution in [2.45, 2.75) is 38.1 Å². The number of methoxy groups -OCH3 is 1. The summed E-state index contributed by atoms with van der Waals surface area (Å²) in [6, 6.07) is 0.753. The average Bonchev–Trinajstić information content (AvgIpc) is 3.10. The molecule has 0 amide bonds. The number of likely N-dealkylation sites (N-methyl/N-ethyl adjacent to an activating group) is 1. The van der Waals surface area contributed by atoms with E-state index in [9.17, 15) is 4.79 Å². The lowest BCUT2D eigenvalue weighted by molar-refractivity contribution is -0.139. The van der Waals surface area contributed by atoms with Crippen LogP contribution in [0.5, 0.6) is 0 Å². The molecule has 0 bridgehead atoms. The van der Waals surface area contributed by atoms with Crippen LogP contribution >= 0.6 is 11.3 Å². The van der Waals surface area contributed by atoms with Crippen LogP contribution in [-0.4, -0.2) is 49.1 Å². The molecule has 0 unspecified atom stereocenters. The quantitative estimate of drug-likeness (QED) is 0.782. The third-order valence-electron chi connectivity index (χ3n) is 3.79. The minimum atomic E-state index is -0.247. The van der Waals surface area contributed by atoms with Gasteiger partial charge in [0.2, 0.25) is 0 Å². The van der Waals surface area contributed by atoms with Crippen LogP contribution in [0.2, 0.25) is 0 Å². The fourth-order valence-corrected chi connectivity index (χ4v) is 3.30. The summed E-state index contributed by atoms with van der Waals surface area (Å²) in [5.74, 6) is -0.247. The molecule has 0 aliphatic heterocycles. The first-order chi connectivity index (χ1) is 9.69. The molecule has 2 rings (SSSR count). The minimum absolute atomic E-state index is 0.247. The van der Waals surface area contributed by atoms with Gasteiger partial charge in [0.05, 0.1) is 19.2 Å². The molecule has 1 heterocycles. The van der Waals surface area contributed by atoms with Crippen molar-refractivity contribution in [1.29, 1.82) is 0 Å². The molecule has 0 radical (unpaired) electrons. The van der Waals surface area contributed by atoms with Gasteiger partial charge in [-0.15, -0.1) is 11.3 Å². The Hall–Kier alpha value is -1.14. The number of carbonyl (C=O) groups excluding carboxylic acids is 1. The van der Waals surface area contributed by atoms with Gasteiger partial charge in [-0.3, -0.25) is 4.79 Å². The standard InChI is InChI=1S/C14H23N3O2S/c1-17(12-5-3-4-6-12)8-7-15-14-16-11(10-20-14)9-13(18)19-2/h10,12H,3-9H2,1-2H3,(H,15,16). The molecule has 0 aromatic carbocycles. The van der Waals surface area contributed by atoms with Crippen LogP contribution in [0.3, 0.4) is 0 Å². The van der Waals surface area contributed by atoms with Crippen molar-refractivity contribution in [3.8, 4) is 0 Å². The maximum atomic E-state index is 11.2. The number of carbonyl (C=O) groups is 1. The summed E-state index contributed by atoms with van der Waals surface area (Å²) in [6.07, 6.45) is 5.64. The van der Waals surface area contributed by atoms with E-state index in [1.54, 1.807) is 0 Å². The molecule has 0 spiro atoms. The van der Waals surface area contributed by atoms with E-state index in [1.165, 1.54) is 44.1 Å². The zero-order valence-corrected chi connectivity index (χ0v) is 13.0. The average molecular weight is 297 g/mol. The second-order valence-electron chi connectivity index (χ2n) is 5.24. The number of hydrogen-bond donors (Lipinski definition) is 1. The van der Waals surface area contributed by atoms with Gasteiger partial charge in [-0.1, -0.05) is 12.8 Å². The smallest absolute Gasteiger partial charge is 0.311 e. The Morgan fingerprint density at radius 2 is 2.30 bits per heavy atom. The number of nitrogens with zero attached hydrogens (tertiary/aromatic N) is 2. The summed E-state index contributed by atoms with van der Waals surface area (Å²) >= 11 is 1.54. The minimum Gasteiger partial charge on any atom is -0.469 e. The molecule has 1 saturated carbocycles. The van der Waals surface area contributed by atoms with Gasteiger partial charge < -0.3 is 15.0 Å². The van der Waals surface area contributed by atoms with Crippen LogP contribution < -0.4 is 5.32 Å². The molecular formula is C14H23N3O2S. The van der Waals surface area contributed by atoms with Gasteiger partial charge >= 0.3 is 5.97 Å². The van der Waals surface area contributed by atoms with E-state index in [-0.39, 0.29) is 12.4 Å². The summed E-state index contributed by atoms with van der Waals surface area (Å²) in [4.78, 5) is 18.0. The number of rotatable bonds is 7. The molecule has 1 N–H and O–H groups in total. The van der Waals surface area contributed by atoms with Crippen molar-refractivity contribution in [3.05, 3.63) is 11.1 Å². The van der Waals surface area contributed by atoms with Crippen molar-refractivity contribution in [2.75, 3.05) is 32.6 Å². The molecule has 1 fully saturated rings. The Kier molecular flexibility index (Phi) is 5.79. The molecule has 0 atom stereocenters. The van der Waals surface area contributed by atoms with Gasteiger partial charge in [-0.25, -0.2) is 4.98 Å². The zero-order chi connectivity index (χ0) is 14.4. The highest BCUT2D eigenvalue weighted by molar-refractivity contribution is 7.13. The first-order valence-electron chi connectivity index (χ1n) is 7.14. The monoisotopic (exact) mass is 297 g/mol. The molecule has 1 aliphatic carbocycles. The number of thiazole rings is 1. The lowest BCUT2D eigenvalue weighted by Gasteiger charge is -2.23. The van der Waals surface area contributed by atoms with Crippen molar-refractivity contribution >= 4 is 22.4 Å². The maximum absolute atomic E-state index is 11.2. The molecule has 0 saturated heterocycles. The van der Waals surface area contributed by atoms with Crippen LogP contribution in [0.1, 0.15) is 31.4 Å². The third-order valence-corrected chi connectivity index (χ3v) is 4.64. The van der Waals surface area contributed by atoms with Gasteiger partial charge in [0.1, 0.15) is 0 Å². The summed E-state index contributed by atoms with van der Waals surface area (Å²) in [7, 11) is 3.59. The first-order valence-corrected chi connectivity index (χ1v) is 8.02. The Balaban J connectivity index is 1.69. The predicted molar refractivity (Wildman–Crippen MR) is 81.2 cm³/mol. The summed E-state index contributed by atoms with van der Waals surface area (Å²) in [5, 5.41) is 6.11. The van der Waals surface area contributed by atoms with E-state index >= 15 is 0 Å². The number of ether oxygens (including phenoxy) is 1. The predicted octanol–water partition coefficient (Wildman–Crippen LogP) is 2.14. The van der Waals surface area contributed by atoms with Crippen LogP contribution in [0, 0.1) is 0 Å². The maximum Gasteiger partial charge on any atom is 0.311 e. The highest BCUT2D eigenvalue weighted by Crippen LogP contribution is 2.22. The topological polar surface area (TPSA) is 54.5 Å². The van der Waals surface area contributed by atoms with Gasteiger partial charge in [-0.2, -0.15) is 0 Å². The number of nitrogens with one attached hydrogen (secondary N) is 1. The van der Waals surface area contributed by atoms with E-state index < -0.39 is 0 Å². The highest BCUT2D eigenvalue weighted by atomic mass is 32.1. The summed E-state index contributed by atoms with van der Waals surface area (Å²) in [5.41, 5.74) is 0.772. The number of aromatic nitrogens is 1. The third kappa shape index (κ3) is 4.45. The van der Waals surface area contributed by atoms with Crippen molar-refractivity contribution in [1.82, 2.24) is 9.88 Å². The lowest BCUT2D eigenvalue weighted by Crippen LogP contribution is -2.33. The summed E-state index contributed by atoms with van der Waals surface area (Å²) < 4.78 is 4.63. The second kappa shape index (κ2) is 7.59. The first kappa shape index (κ1) is 15.3. The van der Waals surface area contributed by atoms with Crippen LogP contribution in [0.25, 0.3) is 0 Å². The number of hydrogen-bond acceptors (Lipinski definition) is 6. The lowest BCUT2D eigenvalue weighted by atomic mass is 10.2. The van der Waals surface area contributed by atoms with Gasteiger partial charge in [-0.05, 0) is 19.9 Å². The van der Waals surface area contributed by atoms with Crippen LogP contribution in [-0.2, 0) is 16.0 Å². The normalized spacial score (nSPS) is 15.8. The molecular weight excluding hydrogens is 274 g/mol. The van der Waals surface area contributed by atoms with Crippen molar-refractivity contribution in [2.24, 2.45) is 0 Å². The molecule has 5 nitrogen and oxygen atoms in total. The SMILES string of the molecule is COC(=O)Cc1csc(NCCN(C)C2CCCC2)n1. The Bertz CT molecular complexity index is 430. The highest BCUT2D eigenvalue weighted by Gasteiger charge is 2.18. The fourth-order valence-electron chi connectivity index (χ4n) is 2.56. The number of esters is 1. The van der Waals surface area contributed by atoms with Crippen LogP contribution in [0.4, 0.5) is 5.13 Å². The molecule has 20 heavy (non-hydrogen) atoms.